The minimum Gasteiger partial charge on any atom is -0.378 e. The van der Waals surface area contributed by atoms with Gasteiger partial charge in [-0.2, -0.15) is 0 Å². The molecule has 4 rings (SSSR count). The largest absolute Gasteiger partial charge is 0.378 e. The minimum absolute atomic E-state index is 0.260. The average molecular weight is 453 g/mol. The molecular weight excluding hydrogens is 420 g/mol. The molecule has 0 spiro atoms. The lowest BCUT2D eigenvalue weighted by Crippen LogP contribution is -2.42. The van der Waals surface area contributed by atoms with Crippen LogP contribution in [0.4, 0.5) is 17.1 Å². The molecule has 8 heteroatoms. The molecule has 176 valence electrons. The van der Waals surface area contributed by atoms with Crippen LogP contribution in [0.3, 0.4) is 0 Å². The summed E-state index contributed by atoms with van der Waals surface area (Å²) in [5.74, 6) is -0.526. The number of anilines is 3. The van der Waals surface area contributed by atoms with Gasteiger partial charge in [0.15, 0.2) is 0 Å². The van der Waals surface area contributed by atoms with Gasteiger partial charge in [-0.3, -0.25) is 9.59 Å². The summed E-state index contributed by atoms with van der Waals surface area (Å²) in [6.07, 6.45) is 0. The molecule has 0 unspecified atom stereocenters. The van der Waals surface area contributed by atoms with Crippen molar-refractivity contribution in [2.75, 3.05) is 67.7 Å². The van der Waals surface area contributed by atoms with Crippen molar-refractivity contribution in [2.24, 2.45) is 0 Å². The van der Waals surface area contributed by atoms with Crippen molar-refractivity contribution in [1.29, 1.82) is 0 Å². The zero-order chi connectivity index (χ0) is 23.2. The highest BCUT2D eigenvalue weighted by Crippen LogP contribution is 2.32. The van der Waals surface area contributed by atoms with Crippen LogP contribution in [-0.4, -0.2) is 70.5 Å². The summed E-state index contributed by atoms with van der Waals surface area (Å²) in [7, 11) is 0. The average Bonchev–Trinajstić information content (AvgIpc) is 2.85. The van der Waals surface area contributed by atoms with E-state index >= 15 is 0 Å². The first-order valence-electron chi connectivity index (χ1n) is 11.5. The van der Waals surface area contributed by atoms with Crippen molar-refractivity contribution in [1.82, 2.24) is 5.32 Å². The van der Waals surface area contributed by atoms with Crippen LogP contribution in [0.1, 0.15) is 22.8 Å². The lowest BCUT2D eigenvalue weighted by atomic mass is 10.1. The third kappa shape index (κ3) is 5.83. The van der Waals surface area contributed by atoms with Gasteiger partial charge in [0.25, 0.3) is 5.91 Å². The maximum atomic E-state index is 13.0. The normalized spacial score (nSPS) is 17.4. The first-order chi connectivity index (χ1) is 16.0. The molecule has 0 saturated carbocycles. The highest BCUT2D eigenvalue weighted by molar-refractivity contribution is 6.02. The molecule has 8 nitrogen and oxygen atoms in total. The summed E-state index contributed by atoms with van der Waals surface area (Å²) in [6, 6.07) is 12.7. The van der Waals surface area contributed by atoms with Crippen molar-refractivity contribution >= 4 is 28.9 Å². The topological polar surface area (TPSA) is 83.1 Å². The van der Waals surface area contributed by atoms with E-state index in [9.17, 15) is 9.59 Å². The van der Waals surface area contributed by atoms with Crippen molar-refractivity contribution in [3.8, 4) is 0 Å². The second kappa shape index (κ2) is 10.7. The van der Waals surface area contributed by atoms with Gasteiger partial charge in [0.2, 0.25) is 5.91 Å². The molecule has 2 aromatic carbocycles. The number of ether oxygens (including phenoxy) is 2. The molecule has 2 fully saturated rings. The van der Waals surface area contributed by atoms with E-state index in [4.69, 9.17) is 9.47 Å². The van der Waals surface area contributed by atoms with E-state index in [1.807, 2.05) is 31.2 Å². The van der Waals surface area contributed by atoms with E-state index in [2.05, 4.69) is 26.5 Å². The van der Waals surface area contributed by atoms with Crippen LogP contribution in [-0.2, 0) is 14.3 Å². The molecule has 0 aliphatic carbocycles. The van der Waals surface area contributed by atoms with Crippen LogP contribution >= 0.6 is 0 Å². The number of hydrogen-bond donors (Lipinski definition) is 2. The van der Waals surface area contributed by atoms with Gasteiger partial charge < -0.3 is 29.9 Å². The number of nitrogens with zero attached hydrogens (tertiary/aromatic N) is 2. The molecule has 2 aliphatic rings. The predicted octanol–water partition coefficient (Wildman–Crippen LogP) is 2.43. The van der Waals surface area contributed by atoms with Crippen LogP contribution in [0.25, 0.3) is 0 Å². The molecule has 1 atom stereocenters. The van der Waals surface area contributed by atoms with Gasteiger partial charge >= 0.3 is 0 Å². The minimum atomic E-state index is -0.686. The zero-order valence-corrected chi connectivity index (χ0v) is 19.3. The van der Waals surface area contributed by atoms with Crippen molar-refractivity contribution in [3.63, 3.8) is 0 Å². The fourth-order valence-corrected chi connectivity index (χ4v) is 4.08. The lowest BCUT2D eigenvalue weighted by molar-refractivity contribution is -0.117. The van der Waals surface area contributed by atoms with Gasteiger partial charge in [-0.15, -0.1) is 0 Å². The van der Waals surface area contributed by atoms with Crippen molar-refractivity contribution in [2.45, 2.75) is 19.9 Å². The van der Waals surface area contributed by atoms with Crippen LogP contribution in [0, 0.1) is 6.92 Å². The number of carbonyl (C=O) groups is 2. The molecule has 2 amide bonds. The Morgan fingerprint density at radius 3 is 2.24 bits per heavy atom. The first-order valence-corrected chi connectivity index (χ1v) is 11.5. The van der Waals surface area contributed by atoms with Gasteiger partial charge in [0.05, 0.1) is 37.8 Å². The van der Waals surface area contributed by atoms with Crippen molar-refractivity contribution < 1.29 is 19.1 Å². The molecule has 2 aromatic rings. The number of nitrogens with one attached hydrogen (secondary N) is 2. The van der Waals surface area contributed by atoms with Crippen LogP contribution in [0.15, 0.2) is 42.5 Å². The number of benzene rings is 2. The zero-order valence-electron chi connectivity index (χ0n) is 19.3. The third-order valence-electron chi connectivity index (χ3n) is 5.99. The number of aryl methyl sites for hydroxylation is 1. The quantitative estimate of drug-likeness (QED) is 0.701. The maximum Gasteiger partial charge on any atom is 0.251 e. The molecule has 2 heterocycles. The molecule has 2 N–H and O–H groups in total. The molecule has 2 aliphatic heterocycles. The SMILES string of the molecule is Cc1cccc(C(=O)N[C@@H](C)C(=O)Nc2ccc(N3CCOCC3)cc2N2CCOCC2)c1. The molecule has 0 radical (unpaired) electrons. The molecule has 2 saturated heterocycles. The van der Waals surface area contributed by atoms with Gasteiger partial charge in [-0.1, -0.05) is 17.7 Å². The second-order valence-corrected chi connectivity index (χ2v) is 8.45. The number of hydrogen-bond acceptors (Lipinski definition) is 6. The fourth-order valence-electron chi connectivity index (χ4n) is 4.08. The molecule has 0 aromatic heterocycles. The highest BCUT2D eigenvalue weighted by atomic mass is 16.5. The first kappa shape index (κ1) is 23.1. The van der Waals surface area contributed by atoms with Crippen molar-refractivity contribution in [3.05, 3.63) is 53.6 Å². The number of amides is 2. The predicted molar refractivity (Wildman–Crippen MR) is 129 cm³/mol. The summed E-state index contributed by atoms with van der Waals surface area (Å²) in [4.78, 5) is 30.1. The Labute approximate surface area is 194 Å². The van der Waals surface area contributed by atoms with Crippen LogP contribution in [0.2, 0.25) is 0 Å². The number of rotatable bonds is 6. The molecular formula is C25H32N4O4. The third-order valence-corrected chi connectivity index (χ3v) is 5.99. The van der Waals surface area contributed by atoms with Gasteiger partial charge in [0.1, 0.15) is 6.04 Å². The van der Waals surface area contributed by atoms with Gasteiger partial charge in [-0.05, 0) is 44.2 Å². The Kier molecular flexibility index (Phi) is 7.47. The molecule has 33 heavy (non-hydrogen) atoms. The molecule has 0 bridgehead atoms. The Morgan fingerprint density at radius 1 is 0.909 bits per heavy atom. The summed E-state index contributed by atoms with van der Waals surface area (Å²) < 4.78 is 11.0. The second-order valence-electron chi connectivity index (χ2n) is 8.45. The van der Waals surface area contributed by atoms with Crippen LogP contribution < -0.4 is 20.4 Å². The Hall–Kier alpha value is -3.10. The smallest absolute Gasteiger partial charge is 0.251 e. The number of morpholine rings is 2. The van der Waals surface area contributed by atoms with E-state index in [0.29, 0.717) is 32.0 Å². The number of carbonyl (C=O) groups excluding carboxylic acids is 2. The highest BCUT2D eigenvalue weighted by Gasteiger charge is 2.22. The van der Waals surface area contributed by atoms with E-state index < -0.39 is 6.04 Å². The summed E-state index contributed by atoms with van der Waals surface area (Å²) in [6.45, 7) is 9.56. The van der Waals surface area contributed by atoms with E-state index in [1.54, 1.807) is 19.1 Å². The summed E-state index contributed by atoms with van der Waals surface area (Å²) in [5.41, 5.74) is 4.34. The monoisotopic (exact) mass is 452 g/mol. The lowest BCUT2D eigenvalue weighted by Gasteiger charge is -2.33. The Morgan fingerprint density at radius 2 is 1.58 bits per heavy atom. The standard InChI is InChI=1S/C25H32N4O4/c1-18-4-3-5-20(16-18)25(31)26-19(2)24(30)27-22-7-6-21(28-8-12-32-13-9-28)17-23(22)29-10-14-33-15-11-29/h3-7,16-17,19H,8-15H2,1-2H3,(H,26,31)(H,27,30)/t19-/m0/s1. The van der Waals surface area contributed by atoms with E-state index in [-0.39, 0.29) is 11.8 Å². The van der Waals surface area contributed by atoms with E-state index in [1.165, 1.54) is 0 Å². The van der Waals surface area contributed by atoms with Crippen LogP contribution in [0.5, 0.6) is 0 Å². The summed E-state index contributed by atoms with van der Waals surface area (Å²) >= 11 is 0. The van der Waals surface area contributed by atoms with Gasteiger partial charge in [0, 0.05) is 37.4 Å². The van der Waals surface area contributed by atoms with Gasteiger partial charge in [-0.25, -0.2) is 0 Å². The Balaban J connectivity index is 1.49. The Bertz CT molecular complexity index is 984. The van der Waals surface area contributed by atoms with E-state index in [0.717, 1.165) is 48.8 Å². The fraction of sp³-hybridized carbons (Fsp3) is 0.440. The summed E-state index contributed by atoms with van der Waals surface area (Å²) in [5, 5.41) is 5.83. The maximum absolute atomic E-state index is 13.0.